The van der Waals surface area contributed by atoms with E-state index in [0.717, 1.165) is 5.57 Å². The lowest BCUT2D eigenvalue weighted by Gasteiger charge is -2.00. The molecular formula is C9H8IN. The second-order valence-corrected chi connectivity index (χ2v) is 2.79. The zero-order valence-electron chi connectivity index (χ0n) is 5.92. The van der Waals surface area contributed by atoms with Crippen LogP contribution >= 0.6 is 22.6 Å². The first-order chi connectivity index (χ1) is 5.34. The predicted octanol–water partition coefficient (Wildman–Crippen LogP) is 3.01. The van der Waals surface area contributed by atoms with Crippen LogP contribution in [0.3, 0.4) is 0 Å². The summed E-state index contributed by atoms with van der Waals surface area (Å²) in [4.78, 5) is 0. The second-order valence-electron chi connectivity index (χ2n) is 2.07. The highest BCUT2D eigenvalue weighted by molar-refractivity contribution is 14.1. The van der Waals surface area contributed by atoms with Crippen molar-refractivity contribution in [3.05, 3.63) is 46.1 Å². The maximum absolute atomic E-state index is 7.48. The Hall–Kier alpha value is -0.640. The fourth-order valence-electron chi connectivity index (χ4n) is 0.782. The first-order valence-electron chi connectivity index (χ1n) is 3.25. The molecule has 1 nitrogen and oxygen atoms in total. The minimum atomic E-state index is 0.571. The van der Waals surface area contributed by atoms with Crippen LogP contribution in [0.4, 0.5) is 0 Å². The molecule has 0 bridgehead atoms. The molecule has 0 fully saturated rings. The minimum absolute atomic E-state index is 0.571. The van der Waals surface area contributed by atoms with Gasteiger partial charge in [0.25, 0.3) is 0 Å². The summed E-state index contributed by atoms with van der Waals surface area (Å²) in [6.45, 7) is 0. The van der Waals surface area contributed by atoms with E-state index < -0.39 is 0 Å². The molecule has 0 spiro atoms. The molecule has 56 valence electrons. The summed E-state index contributed by atoms with van der Waals surface area (Å²) in [6, 6.07) is 0. The van der Waals surface area contributed by atoms with E-state index in [1.165, 1.54) is 0 Å². The quantitative estimate of drug-likeness (QED) is 0.698. The maximum atomic E-state index is 7.48. The van der Waals surface area contributed by atoms with Gasteiger partial charge in [0, 0.05) is 0 Å². The number of allylic oxidation sites excluding steroid dienone is 7. The van der Waals surface area contributed by atoms with E-state index in [4.69, 9.17) is 5.41 Å². The molecule has 0 aromatic rings. The van der Waals surface area contributed by atoms with Gasteiger partial charge in [-0.05, 0) is 15.7 Å². The van der Waals surface area contributed by atoms with Crippen molar-refractivity contribution in [3.8, 4) is 0 Å². The molecule has 2 heteroatoms. The maximum Gasteiger partial charge on any atom is 0.0612 e. The topological polar surface area (TPSA) is 23.9 Å². The molecule has 0 atom stereocenters. The minimum Gasteiger partial charge on any atom is -0.300 e. The fourth-order valence-corrected chi connectivity index (χ4v) is 0.990. The fraction of sp³-hybridized carbons (Fsp3) is 0. The van der Waals surface area contributed by atoms with Crippen LogP contribution in [0.2, 0.25) is 0 Å². The van der Waals surface area contributed by atoms with E-state index in [2.05, 4.69) is 22.6 Å². The SMILES string of the molecule is N=C1C=CC=C/C1=C/C=C\I. The van der Waals surface area contributed by atoms with Crippen molar-refractivity contribution in [2.45, 2.75) is 0 Å². The van der Waals surface area contributed by atoms with Crippen molar-refractivity contribution >= 4 is 28.3 Å². The molecule has 11 heavy (non-hydrogen) atoms. The monoisotopic (exact) mass is 257 g/mol. The normalized spacial score (nSPS) is 20.5. The van der Waals surface area contributed by atoms with Crippen molar-refractivity contribution in [1.82, 2.24) is 0 Å². The largest absolute Gasteiger partial charge is 0.300 e. The first-order valence-corrected chi connectivity index (χ1v) is 4.50. The number of halogens is 1. The Morgan fingerprint density at radius 1 is 1.27 bits per heavy atom. The molecule has 1 aliphatic carbocycles. The molecule has 0 aromatic heterocycles. The van der Waals surface area contributed by atoms with Gasteiger partial charge in [0.2, 0.25) is 0 Å². The third-order valence-corrected chi connectivity index (χ3v) is 1.72. The number of rotatable bonds is 1. The Bertz CT molecular complexity index is 269. The van der Waals surface area contributed by atoms with Crippen LogP contribution in [0.1, 0.15) is 0 Å². The van der Waals surface area contributed by atoms with E-state index in [-0.39, 0.29) is 0 Å². The van der Waals surface area contributed by atoms with E-state index in [9.17, 15) is 0 Å². The molecule has 0 saturated carbocycles. The summed E-state index contributed by atoms with van der Waals surface area (Å²) < 4.78 is 1.92. The van der Waals surface area contributed by atoms with Crippen molar-refractivity contribution in [3.63, 3.8) is 0 Å². The highest BCUT2D eigenvalue weighted by Gasteiger charge is 1.97. The Kier molecular flexibility index (Phi) is 3.29. The van der Waals surface area contributed by atoms with Gasteiger partial charge in [0.05, 0.1) is 5.71 Å². The standard InChI is InChI=1S/C9H8IN/c10-7-3-5-8-4-1-2-6-9(8)11/h1-7,11H/b7-3-,8-5-,11-9?. The molecule has 0 aromatic carbocycles. The molecule has 1 rings (SSSR count). The van der Waals surface area contributed by atoms with Crippen molar-refractivity contribution in [1.29, 1.82) is 5.41 Å². The van der Waals surface area contributed by atoms with Gasteiger partial charge in [-0.2, -0.15) is 0 Å². The summed E-state index contributed by atoms with van der Waals surface area (Å²) in [6.07, 6.45) is 11.4. The van der Waals surface area contributed by atoms with Gasteiger partial charge < -0.3 is 5.41 Å². The van der Waals surface area contributed by atoms with Gasteiger partial charge in [0.1, 0.15) is 0 Å². The van der Waals surface area contributed by atoms with Crippen molar-refractivity contribution in [2.24, 2.45) is 0 Å². The smallest absolute Gasteiger partial charge is 0.0612 e. The van der Waals surface area contributed by atoms with Crippen molar-refractivity contribution in [2.75, 3.05) is 0 Å². The summed E-state index contributed by atoms with van der Waals surface area (Å²) in [5.41, 5.74) is 1.53. The molecular weight excluding hydrogens is 249 g/mol. The van der Waals surface area contributed by atoms with Crippen molar-refractivity contribution < 1.29 is 0 Å². The summed E-state index contributed by atoms with van der Waals surface area (Å²) in [7, 11) is 0. The Morgan fingerprint density at radius 3 is 2.64 bits per heavy atom. The van der Waals surface area contributed by atoms with E-state index in [0.29, 0.717) is 5.71 Å². The molecule has 0 heterocycles. The third kappa shape index (κ3) is 2.46. The number of hydrogen-bond acceptors (Lipinski definition) is 1. The van der Waals surface area contributed by atoms with Gasteiger partial charge in [-0.1, -0.05) is 53.0 Å². The van der Waals surface area contributed by atoms with Crippen LogP contribution in [-0.2, 0) is 0 Å². The lowest BCUT2D eigenvalue weighted by molar-refractivity contribution is 1.49. The molecule has 0 amide bonds. The summed E-state index contributed by atoms with van der Waals surface area (Å²) in [5.74, 6) is 0. The summed E-state index contributed by atoms with van der Waals surface area (Å²) in [5, 5.41) is 7.48. The van der Waals surface area contributed by atoms with Crippen LogP contribution in [0.15, 0.2) is 46.1 Å². The molecule has 0 saturated heterocycles. The molecule has 0 aliphatic heterocycles. The Balaban J connectivity index is 2.81. The predicted molar refractivity (Wildman–Crippen MR) is 57.2 cm³/mol. The number of hydrogen-bond donors (Lipinski definition) is 1. The molecule has 0 radical (unpaired) electrons. The van der Waals surface area contributed by atoms with Gasteiger partial charge in [-0.25, -0.2) is 0 Å². The second kappa shape index (κ2) is 4.28. The lowest BCUT2D eigenvalue weighted by Crippen LogP contribution is -1.96. The van der Waals surface area contributed by atoms with Crippen LogP contribution in [0.25, 0.3) is 0 Å². The van der Waals surface area contributed by atoms with Crippen LogP contribution in [-0.4, -0.2) is 5.71 Å². The Morgan fingerprint density at radius 2 is 2.00 bits per heavy atom. The average Bonchev–Trinajstić information content (AvgIpc) is 2.03. The van der Waals surface area contributed by atoms with Gasteiger partial charge in [-0.15, -0.1) is 0 Å². The van der Waals surface area contributed by atoms with E-state index in [1.807, 2.05) is 34.5 Å². The summed E-state index contributed by atoms with van der Waals surface area (Å²) >= 11 is 2.15. The van der Waals surface area contributed by atoms with Gasteiger partial charge >= 0.3 is 0 Å². The zero-order valence-corrected chi connectivity index (χ0v) is 8.08. The van der Waals surface area contributed by atoms with E-state index >= 15 is 0 Å². The van der Waals surface area contributed by atoms with Gasteiger partial charge in [-0.3, -0.25) is 0 Å². The van der Waals surface area contributed by atoms with E-state index in [1.54, 1.807) is 6.08 Å². The third-order valence-electron chi connectivity index (χ3n) is 1.31. The van der Waals surface area contributed by atoms with Crippen LogP contribution < -0.4 is 0 Å². The van der Waals surface area contributed by atoms with Crippen LogP contribution in [0, 0.1) is 5.41 Å². The van der Waals surface area contributed by atoms with Gasteiger partial charge in [0.15, 0.2) is 0 Å². The molecule has 0 unspecified atom stereocenters. The Labute approximate surface area is 79.8 Å². The number of nitrogens with one attached hydrogen (secondary N) is 1. The molecule has 1 aliphatic rings. The average molecular weight is 257 g/mol. The highest BCUT2D eigenvalue weighted by atomic mass is 127. The molecule has 1 N–H and O–H groups in total. The highest BCUT2D eigenvalue weighted by Crippen LogP contribution is 2.06. The van der Waals surface area contributed by atoms with Crippen LogP contribution in [0.5, 0.6) is 0 Å². The lowest BCUT2D eigenvalue weighted by atomic mass is 10.1. The first kappa shape index (κ1) is 8.46. The zero-order chi connectivity index (χ0) is 8.10.